The largest absolute Gasteiger partial charge is 0.343 e. The molecule has 0 N–H and O–H groups in total. The monoisotopic (exact) mass is 238 g/mol. The van der Waals surface area contributed by atoms with Gasteiger partial charge < -0.3 is 9.80 Å². The smallest absolute Gasteiger partial charge is 0.224 e. The second-order valence-electron chi connectivity index (χ2n) is 4.45. The van der Waals surface area contributed by atoms with E-state index in [1.165, 1.54) is 13.3 Å². The quantitative estimate of drug-likeness (QED) is 0.680. The number of hydrogen-bond donors (Lipinski definition) is 0. The molecule has 0 aromatic carbocycles. The van der Waals surface area contributed by atoms with Gasteiger partial charge in [0, 0.05) is 39.5 Å². The lowest BCUT2D eigenvalue weighted by atomic mass is 10.1. The summed E-state index contributed by atoms with van der Waals surface area (Å²) < 4.78 is 0. The van der Waals surface area contributed by atoms with Crippen molar-refractivity contribution in [1.29, 1.82) is 0 Å². The van der Waals surface area contributed by atoms with E-state index < -0.39 is 0 Å². The van der Waals surface area contributed by atoms with Crippen LogP contribution in [-0.2, 0) is 9.59 Å². The van der Waals surface area contributed by atoms with Crippen molar-refractivity contribution in [3.63, 3.8) is 0 Å². The minimum atomic E-state index is -0.00339. The Morgan fingerprint density at radius 2 is 1.94 bits per heavy atom. The maximum absolute atomic E-state index is 11.9. The van der Waals surface area contributed by atoms with E-state index in [2.05, 4.69) is 6.58 Å². The molecule has 0 atom stereocenters. The molecule has 0 spiro atoms. The molecule has 0 aromatic rings. The minimum absolute atomic E-state index is 0.00339. The summed E-state index contributed by atoms with van der Waals surface area (Å²) in [6.07, 6.45) is 5.55. The van der Waals surface area contributed by atoms with Crippen molar-refractivity contribution < 1.29 is 9.59 Å². The van der Waals surface area contributed by atoms with Crippen molar-refractivity contribution in [3.05, 3.63) is 12.7 Å². The first-order valence-corrected chi connectivity index (χ1v) is 6.29. The van der Waals surface area contributed by atoms with E-state index in [-0.39, 0.29) is 11.8 Å². The maximum Gasteiger partial charge on any atom is 0.224 e. The topological polar surface area (TPSA) is 40.6 Å². The number of carbonyl (C=O) groups is 2. The van der Waals surface area contributed by atoms with Crippen molar-refractivity contribution in [3.8, 4) is 0 Å². The molecule has 0 aliphatic carbocycles. The highest BCUT2D eigenvalue weighted by Crippen LogP contribution is 2.10. The van der Waals surface area contributed by atoms with Gasteiger partial charge >= 0.3 is 0 Å². The predicted molar refractivity (Wildman–Crippen MR) is 67.5 cm³/mol. The fraction of sp³-hybridized carbons (Fsp3) is 0.692. The number of carbonyl (C=O) groups excluding carboxylic acids is 2. The number of nitrogens with zero attached hydrogens (tertiary/aromatic N) is 2. The molecule has 0 aromatic heterocycles. The molecular formula is C13H22N2O2. The van der Waals surface area contributed by atoms with Gasteiger partial charge in [-0.1, -0.05) is 6.08 Å². The molecule has 0 unspecified atom stereocenters. The van der Waals surface area contributed by atoms with Gasteiger partial charge in [-0.15, -0.1) is 6.58 Å². The minimum Gasteiger partial charge on any atom is -0.343 e. The Bertz CT molecular complexity index is 283. The van der Waals surface area contributed by atoms with Gasteiger partial charge in [-0.3, -0.25) is 9.59 Å². The third kappa shape index (κ3) is 4.59. The van der Waals surface area contributed by atoms with Crippen LogP contribution in [0, 0.1) is 0 Å². The van der Waals surface area contributed by atoms with Gasteiger partial charge in [0.05, 0.1) is 0 Å². The van der Waals surface area contributed by atoms with Gasteiger partial charge in [0.15, 0.2) is 0 Å². The van der Waals surface area contributed by atoms with Gasteiger partial charge in [0.25, 0.3) is 0 Å². The number of hydrogen-bond acceptors (Lipinski definition) is 2. The van der Waals surface area contributed by atoms with Crippen LogP contribution in [0.3, 0.4) is 0 Å². The van der Waals surface area contributed by atoms with E-state index in [0.717, 1.165) is 25.9 Å². The first-order valence-electron chi connectivity index (χ1n) is 6.29. The molecule has 0 bridgehead atoms. The molecule has 4 heteroatoms. The molecule has 1 rings (SSSR count). The molecule has 96 valence electrons. The van der Waals surface area contributed by atoms with Crippen molar-refractivity contribution in [2.75, 3.05) is 26.2 Å². The van der Waals surface area contributed by atoms with E-state index in [0.29, 0.717) is 19.5 Å². The third-order valence-corrected chi connectivity index (χ3v) is 3.10. The molecule has 0 radical (unpaired) electrons. The van der Waals surface area contributed by atoms with Crippen LogP contribution in [-0.4, -0.2) is 47.8 Å². The zero-order valence-electron chi connectivity index (χ0n) is 10.7. The van der Waals surface area contributed by atoms with Gasteiger partial charge in [0.2, 0.25) is 11.8 Å². The maximum atomic E-state index is 11.9. The average molecular weight is 238 g/mol. The highest BCUT2D eigenvalue weighted by Gasteiger charge is 2.17. The van der Waals surface area contributed by atoms with Crippen LogP contribution in [0.1, 0.15) is 32.6 Å². The Kier molecular flexibility index (Phi) is 5.73. The molecule has 2 amide bonds. The Morgan fingerprint density at radius 3 is 2.47 bits per heavy atom. The lowest BCUT2D eigenvalue weighted by Gasteiger charge is -2.28. The normalized spacial score (nSPS) is 15.5. The molecular weight excluding hydrogens is 216 g/mol. The summed E-state index contributed by atoms with van der Waals surface area (Å²) in [7, 11) is 0. The lowest BCUT2D eigenvalue weighted by molar-refractivity contribution is -0.133. The fourth-order valence-corrected chi connectivity index (χ4v) is 2.07. The van der Waals surface area contributed by atoms with Crippen LogP contribution in [0.2, 0.25) is 0 Å². The highest BCUT2D eigenvalue weighted by molar-refractivity contribution is 5.78. The summed E-state index contributed by atoms with van der Waals surface area (Å²) in [5, 5.41) is 0. The van der Waals surface area contributed by atoms with Crippen molar-refractivity contribution >= 4 is 11.8 Å². The van der Waals surface area contributed by atoms with Crippen LogP contribution < -0.4 is 0 Å². The summed E-state index contributed by atoms with van der Waals surface area (Å²) in [6, 6.07) is 0. The highest BCUT2D eigenvalue weighted by atomic mass is 16.2. The Morgan fingerprint density at radius 1 is 1.29 bits per heavy atom. The summed E-state index contributed by atoms with van der Waals surface area (Å²) in [5.74, 6) is 0.163. The lowest BCUT2D eigenvalue weighted by Crippen LogP contribution is -2.38. The van der Waals surface area contributed by atoms with E-state index in [1.807, 2.05) is 4.90 Å². The predicted octanol–water partition coefficient (Wildman–Crippen LogP) is 1.42. The van der Waals surface area contributed by atoms with Crippen molar-refractivity contribution in [2.45, 2.75) is 32.6 Å². The molecule has 1 aliphatic rings. The van der Waals surface area contributed by atoms with Gasteiger partial charge in [-0.05, 0) is 19.3 Å². The molecule has 1 aliphatic heterocycles. The fourth-order valence-electron chi connectivity index (χ4n) is 2.07. The Hall–Kier alpha value is -1.32. The van der Waals surface area contributed by atoms with Crippen LogP contribution >= 0.6 is 0 Å². The summed E-state index contributed by atoms with van der Waals surface area (Å²) in [5.41, 5.74) is 0. The summed E-state index contributed by atoms with van der Waals surface area (Å²) in [6.45, 7) is 7.90. The molecule has 1 saturated heterocycles. The van der Waals surface area contributed by atoms with Gasteiger partial charge in [-0.25, -0.2) is 0 Å². The third-order valence-electron chi connectivity index (χ3n) is 3.10. The van der Waals surface area contributed by atoms with E-state index in [4.69, 9.17) is 0 Å². The molecule has 0 saturated carbocycles. The Labute approximate surface area is 103 Å². The van der Waals surface area contributed by atoms with Crippen molar-refractivity contribution in [1.82, 2.24) is 9.80 Å². The second kappa shape index (κ2) is 7.09. The molecule has 1 heterocycles. The van der Waals surface area contributed by atoms with E-state index in [1.54, 1.807) is 11.0 Å². The summed E-state index contributed by atoms with van der Waals surface area (Å²) in [4.78, 5) is 26.7. The first kappa shape index (κ1) is 13.7. The standard InChI is InChI=1S/C13H22N2O2/c1-3-8-14(12(2)16)11-7-13(17)15-9-5-4-6-10-15/h3H,1,4-11H2,2H3. The molecule has 4 nitrogen and oxygen atoms in total. The van der Waals surface area contributed by atoms with Gasteiger partial charge in [-0.2, -0.15) is 0 Å². The van der Waals surface area contributed by atoms with Gasteiger partial charge in [0.1, 0.15) is 0 Å². The number of amides is 2. The first-order chi connectivity index (χ1) is 8.15. The number of piperidine rings is 1. The molecule has 1 fully saturated rings. The SMILES string of the molecule is C=CCN(CCC(=O)N1CCCCC1)C(C)=O. The van der Waals surface area contributed by atoms with Crippen LogP contribution in [0.5, 0.6) is 0 Å². The average Bonchev–Trinajstić information content (AvgIpc) is 2.34. The van der Waals surface area contributed by atoms with Crippen LogP contribution in [0.4, 0.5) is 0 Å². The van der Waals surface area contributed by atoms with E-state index >= 15 is 0 Å². The molecule has 17 heavy (non-hydrogen) atoms. The Balaban J connectivity index is 2.34. The number of likely N-dealkylation sites (tertiary alicyclic amines) is 1. The zero-order valence-corrected chi connectivity index (χ0v) is 10.7. The van der Waals surface area contributed by atoms with Crippen LogP contribution in [0.15, 0.2) is 12.7 Å². The zero-order chi connectivity index (χ0) is 12.7. The van der Waals surface area contributed by atoms with Crippen LogP contribution in [0.25, 0.3) is 0 Å². The summed E-state index contributed by atoms with van der Waals surface area (Å²) >= 11 is 0. The number of rotatable bonds is 5. The van der Waals surface area contributed by atoms with E-state index in [9.17, 15) is 9.59 Å². The second-order valence-corrected chi connectivity index (χ2v) is 4.45. The van der Waals surface area contributed by atoms with Crippen molar-refractivity contribution in [2.24, 2.45) is 0 Å².